The van der Waals surface area contributed by atoms with Crippen molar-refractivity contribution in [3.63, 3.8) is 0 Å². The molecule has 0 saturated heterocycles. The van der Waals surface area contributed by atoms with Crippen molar-refractivity contribution >= 4 is 32.0 Å². The van der Waals surface area contributed by atoms with Gasteiger partial charge >= 0.3 is 23.9 Å². The lowest BCUT2D eigenvalue weighted by molar-refractivity contribution is -0.142. The van der Waals surface area contributed by atoms with Gasteiger partial charge in [0.05, 0.1) is 25.8 Å². The van der Waals surface area contributed by atoms with E-state index in [-0.39, 0.29) is 38.2 Å². The topological polar surface area (TPSA) is 121 Å². The average molecular weight is 518 g/mol. The highest BCUT2D eigenvalue weighted by atomic mass is 28.3. The smallest absolute Gasteiger partial charge is 0.355 e. The van der Waals surface area contributed by atoms with E-state index in [4.69, 9.17) is 18.9 Å². The van der Waals surface area contributed by atoms with Crippen molar-refractivity contribution in [2.45, 2.75) is 65.1 Å². The van der Waals surface area contributed by atoms with Crippen molar-refractivity contribution in [1.29, 1.82) is 0 Å². The molecular weight excluding hydrogens is 482 g/mol. The second-order valence-electron chi connectivity index (χ2n) is 9.56. The van der Waals surface area contributed by atoms with E-state index >= 15 is 0 Å². The maximum absolute atomic E-state index is 13.0. The number of benzene rings is 1. The second kappa shape index (κ2) is 13.6. The van der Waals surface area contributed by atoms with Crippen LogP contribution in [0.4, 0.5) is 0 Å². The zero-order valence-corrected chi connectivity index (χ0v) is 22.6. The molecule has 0 unspecified atom stereocenters. The number of ether oxygens (including phenoxy) is 4. The fourth-order valence-corrected chi connectivity index (χ4v) is 4.10. The number of carbonyl (C=O) groups is 4. The number of esters is 4. The Hall–Kier alpha value is -3.40. The number of rotatable bonds is 13. The quantitative estimate of drug-likeness (QED) is 0.241. The number of hydrogen-bond donors (Lipinski definition) is 1. The number of hydrogen-bond acceptors (Lipinski definition) is 8. The van der Waals surface area contributed by atoms with Crippen LogP contribution in [0, 0.1) is 0 Å². The summed E-state index contributed by atoms with van der Waals surface area (Å²) < 4.78 is 20.8. The molecule has 9 nitrogen and oxygen atoms in total. The van der Waals surface area contributed by atoms with E-state index in [0.717, 1.165) is 11.6 Å². The van der Waals surface area contributed by atoms with E-state index in [1.807, 2.05) is 30.3 Å². The lowest BCUT2D eigenvalue weighted by atomic mass is 10.0. The first-order valence-corrected chi connectivity index (χ1v) is 15.5. The van der Waals surface area contributed by atoms with Gasteiger partial charge in [0.25, 0.3) is 0 Å². The molecule has 2 aromatic rings. The number of methoxy groups -OCH3 is 1. The van der Waals surface area contributed by atoms with Gasteiger partial charge in [0, 0.05) is 21.4 Å². The molecule has 0 atom stereocenters. The highest BCUT2D eigenvalue weighted by Gasteiger charge is 2.26. The molecule has 1 aromatic heterocycles. The van der Waals surface area contributed by atoms with Gasteiger partial charge in [-0.3, -0.25) is 14.4 Å². The SMILES string of the molecule is COC(=O)CCc1c(C(=O)OCc2ccccc2)[nH]c(COC(C)=O)c1CC(=O)OCC[Si](C)(C)C. The van der Waals surface area contributed by atoms with Crippen molar-refractivity contribution in [3.8, 4) is 0 Å². The number of aromatic nitrogens is 1. The van der Waals surface area contributed by atoms with Crippen molar-refractivity contribution in [3.05, 3.63) is 58.4 Å². The number of carbonyl (C=O) groups excluding carboxylic acids is 4. The number of nitrogens with one attached hydrogen (secondary N) is 1. The molecule has 0 amide bonds. The van der Waals surface area contributed by atoms with Crippen molar-refractivity contribution in [1.82, 2.24) is 4.98 Å². The third kappa shape index (κ3) is 9.69. The molecule has 0 fully saturated rings. The van der Waals surface area contributed by atoms with Crippen LogP contribution in [0.5, 0.6) is 0 Å². The summed E-state index contributed by atoms with van der Waals surface area (Å²) >= 11 is 0. The summed E-state index contributed by atoms with van der Waals surface area (Å²) in [6.07, 6.45) is -0.0458. The van der Waals surface area contributed by atoms with E-state index in [1.54, 1.807) is 0 Å². The van der Waals surface area contributed by atoms with Crippen LogP contribution >= 0.6 is 0 Å². The molecule has 10 heteroatoms. The normalized spacial score (nSPS) is 11.0. The summed E-state index contributed by atoms with van der Waals surface area (Å²) in [7, 11) is -0.119. The first-order valence-electron chi connectivity index (χ1n) is 11.8. The third-order valence-electron chi connectivity index (χ3n) is 5.39. The highest BCUT2D eigenvalue weighted by Crippen LogP contribution is 2.25. The van der Waals surface area contributed by atoms with Gasteiger partial charge in [0.15, 0.2) is 0 Å². The third-order valence-corrected chi connectivity index (χ3v) is 7.09. The van der Waals surface area contributed by atoms with Crippen LogP contribution in [0.25, 0.3) is 0 Å². The van der Waals surface area contributed by atoms with Crippen LogP contribution in [0.3, 0.4) is 0 Å². The van der Waals surface area contributed by atoms with E-state index < -0.39 is 32.0 Å². The molecule has 0 spiro atoms. The predicted octanol–water partition coefficient (Wildman–Crippen LogP) is 3.96. The van der Waals surface area contributed by atoms with Gasteiger partial charge in [-0.2, -0.15) is 0 Å². The van der Waals surface area contributed by atoms with Crippen LogP contribution in [0.1, 0.15) is 46.2 Å². The van der Waals surface area contributed by atoms with Gasteiger partial charge in [0.2, 0.25) is 0 Å². The summed E-state index contributed by atoms with van der Waals surface area (Å²) in [5.74, 6) is -2.11. The van der Waals surface area contributed by atoms with E-state index in [2.05, 4.69) is 24.6 Å². The van der Waals surface area contributed by atoms with Crippen LogP contribution in [-0.4, -0.2) is 50.7 Å². The Balaban J connectivity index is 2.34. The molecule has 0 aliphatic rings. The zero-order chi connectivity index (χ0) is 26.7. The molecule has 196 valence electrons. The van der Waals surface area contributed by atoms with Gasteiger partial charge < -0.3 is 23.9 Å². The molecule has 2 rings (SSSR count). The molecule has 1 heterocycles. The van der Waals surface area contributed by atoms with Gasteiger partial charge in [-0.15, -0.1) is 0 Å². The molecule has 0 saturated carbocycles. The Bertz CT molecular complexity index is 1060. The zero-order valence-electron chi connectivity index (χ0n) is 21.6. The van der Waals surface area contributed by atoms with Crippen molar-refractivity contribution < 1.29 is 38.1 Å². The molecule has 0 radical (unpaired) electrons. The largest absolute Gasteiger partial charge is 0.469 e. The van der Waals surface area contributed by atoms with Crippen LogP contribution < -0.4 is 0 Å². The Morgan fingerprint density at radius 2 is 1.58 bits per heavy atom. The van der Waals surface area contributed by atoms with Gasteiger partial charge in [-0.05, 0) is 29.2 Å². The van der Waals surface area contributed by atoms with Gasteiger partial charge in [-0.25, -0.2) is 4.79 Å². The minimum atomic E-state index is -1.39. The summed E-state index contributed by atoms with van der Waals surface area (Å²) in [4.78, 5) is 52.0. The molecule has 1 aromatic carbocycles. The molecule has 0 aliphatic heterocycles. The Labute approximate surface area is 212 Å². The fraction of sp³-hybridized carbons (Fsp3) is 0.462. The highest BCUT2D eigenvalue weighted by molar-refractivity contribution is 6.76. The van der Waals surface area contributed by atoms with Crippen LogP contribution in [-0.2, 0) is 59.4 Å². The second-order valence-corrected chi connectivity index (χ2v) is 15.2. The first kappa shape index (κ1) is 28.8. The number of H-pyrrole nitrogens is 1. The Morgan fingerprint density at radius 3 is 2.19 bits per heavy atom. The minimum absolute atomic E-state index is 0.0159. The van der Waals surface area contributed by atoms with E-state index in [0.29, 0.717) is 23.4 Å². The lowest BCUT2D eigenvalue weighted by Crippen LogP contribution is -2.23. The summed E-state index contributed by atoms with van der Waals surface area (Å²) in [5, 5.41) is 0. The standard InChI is InChI=1S/C26H35NO8Si/c1-18(28)34-17-22-21(15-24(30)33-13-14-36(3,4)5)20(11-12-23(29)32-2)25(27-22)26(31)35-16-19-9-7-6-8-10-19/h6-10,27H,11-17H2,1-5H3. The average Bonchev–Trinajstić information content (AvgIpc) is 3.16. The van der Waals surface area contributed by atoms with Gasteiger partial charge in [0.1, 0.15) is 18.9 Å². The van der Waals surface area contributed by atoms with Crippen LogP contribution in [0.15, 0.2) is 30.3 Å². The Kier molecular flexibility index (Phi) is 10.9. The number of aromatic amines is 1. The van der Waals surface area contributed by atoms with Crippen molar-refractivity contribution in [2.24, 2.45) is 0 Å². The maximum Gasteiger partial charge on any atom is 0.355 e. The monoisotopic (exact) mass is 517 g/mol. The summed E-state index contributed by atoms with van der Waals surface area (Å²) in [5.41, 5.74) is 2.16. The van der Waals surface area contributed by atoms with E-state index in [9.17, 15) is 19.2 Å². The summed E-state index contributed by atoms with van der Waals surface area (Å²) in [6, 6.07) is 10.0. The predicted molar refractivity (Wildman–Crippen MR) is 135 cm³/mol. The fourth-order valence-electron chi connectivity index (χ4n) is 3.39. The first-order chi connectivity index (χ1) is 17.0. The lowest BCUT2D eigenvalue weighted by Gasteiger charge is -2.15. The summed E-state index contributed by atoms with van der Waals surface area (Å²) in [6.45, 7) is 7.99. The molecule has 36 heavy (non-hydrogen) atoms. The maximum atomic E-state index is 13.0. The Morgan fingerprint density at radius 1 is 0.889 bits per heavy atom. The van der Waals surface area contributed by atoms with E-state index in [1.165, 1.54) is 14.0 Å². The van der Waals surface area contributed by atoms with Gasteiger partial charge in [-0.1, -0.05) is 50.0 Å². The molecular formula is C26H35NO8Si. The molecule has 0 bridgehead atoms. The van der Waals surface area contributed by atoms with Crippen molar-refractivity contribution in [2.75, 3.05) is 13.7 Å². The minimum Gasteiger partial charge on any atom is -0.469 e. The molecule has 1 N–H and O–H groups in total. The molecule has 0 aliphatic carbocycles. The van der Waals surface area contributed by atoms with Crippen LogP contribution in [0.2, 0.25) is 25.7 Å².